The van der Waals surface area contributed by atoms with E-state index in [0.717, 1.165) is 35.5 Å². The summed E-state index contributed by atoms with van der Waals surface area (Å²) in [7, 11) is 0. The fourth-order valence-electron chi connectivity index (χ4n) is 1.54. The summed E-state index contributed by atoms with van der Waals surface area (Å²) in [6, 6.07) is 10.6. The lowest BCUT2D eigenvalue weighted by Gasteiger charge is -2.08. The molecule has 90 valence electrons. The third-order valence-corrected chi connectivity index (χ3v) is 3.72. The van der Waals surface area contributed by atoms with E-state index in [1.54, 1.807) is 12.1 Å². The number of nitrogens with zero attached hydrogens (tertiary/aromatic N) is 1. The summed E-state index contributed by atoms with van der Waals surface area (Å²) in [5, 5.41) is 9.01. The second kappa shape index (κ2) is 5.19. The van der Waals surface area contributed by atoms with E-state index in [4.69, 9.17) is 5.26 Å². The van der Waals surface area contributed by atoms with Crippen molar-refractivity contribution < 1.29 is 8.78 Å². The maximum absolute atomic E-state index is 13.6. The molecule has 0 saturated carbocycles. The maximum atomic E-state index is 13.6. The van der Waals surface area contributed by atoms with Gasteiger partial charge in [0.25, 0.3) is 0 Å². The minimum atomic E-state index is -0.494. The van der Waals surface area contributed by atoms with Crippen LogP contribution in [0, 0.1) is 29.9 Å². The molecular formula is C14H9F2NS. The molecule has 0 fully saturated rings. The smallest absolute Gasteiger partial charge is 0.137 e. The fraction of sp³-hybridized carbons (Fsp3) is 0.0714. The van der Waals surface area contributed by atoms with Crippen molar-refractivity contribution in [3.63, 3.8) is 0 Å². The average Bonchev–Trinajstić information content (AvgIpc) is 2.36. The van der Waals surface area contributed by atoms with Crippen molar-refractivity contribution >= 4 is 11.8 Å². The van der Waals surface area contributed by atoms with Gasteiger partial charge in [0, 0.05) is 4.90 Å². The van der Waals surface area contributed by atoms with Gasteiger partial charge in [0.15, 0.2) is 0 Å². The summed E-state index contributed by atoms with van der Waals surface area (Å²) >= 11 is 1.07. The Morgan fingerprint density at radius 3 is 2.67 bits per heavy atom. The predicted molar refractivity (Wildman–Crippen MR) is 66.4 cm³/mol. The van der Waals surface area contributed by atoms with Crippen LogP contribution in [0.5, 0.6) is 0 Å². The number of halogens is 2. The van der Waals surface area contributed by atoms with Gasteiger partial charge in [-0.1, -0.05) is 23.9 Å². The van der Waals surface area contributed by atoms with Crippen LogP contribution in [0.2, 0.25) is 0 Å². The monoisotopic (exact) mass is 261 g/mol. The molecule has 0 aliphatic rings. The summed E-state index contributed by atoms with van der Waals surface area (Å²) < 4.78 is 26.6. The highest BCUT2D eigenvalue weighted by Crippen LogP contribution is 2.34. The van der Waals surface area contributed by atoms with Crippen LogP contribution in [0.25, 0.3) is 0 Å². The Morgan fingerprint density at radius 2 is 1.94 bits per heavy atom. The van der Waals surface area contributed by atoms with Crippen LogP contribution in [0.1, 0.15) is 11.1 Å². The third-order valence-electron chi connectivity index (χ3n) is 2.44. The Hall–Kier alpha value is -1.86. The van der Waals surface area contributed by atoms with Crippen molar-refractivity contribution in [2.45, 2.75) is 16.7 Å². The second-order valence-corrected chi connectivity index (χ2v) is 4.79. The third kappa shape index (κ3) is 2.52. The number of aryl methyl sites for hydroxylation is 1. The minimum absolute atomic E-state index is 0.181. The molecule has 1 nitrogen and oxygen atoms in total. The molecule has 0 amide bonds. The topological polar surface area (TPSA) is 23.8 Å². The largest absolute Gasteiger partial charge is 0.207 e. The molecule has 0 unspecified atom stereocenters. The highest BCUT2D eigenvalue weighted by atomic mass is 32.2. The number of nitriles is 1. The fourth-order valence-corrected chi connectivity index (χ4v) is 2.55. The summed E-state index contributed by atoms with van der Waals surface area (Å²) in [4.78, 5) is 0.838. The van der Waals surface area contributed by atoms with E-state index >= 15 is 0 Å². The quantitative estimate of drug-likeness (QED) is 0.805. The standard InChI is InChI=1S/C14H9F2NS/c1-9-3-2-4-10(8-17)14(9)18-13-7-11(15)5-6-12(13)16/h2-7H,1H3. The average molecular weight is 261 g/mol. The van der Waals surface area contributed by atoms with Gasteiger partial charge < -0.3 is 0 Å². The lowest BCUT2D eigenvalue weighted by atomic mass is 10.1. The Bertz CT molecular complexity index is 632. The molecule has 0 aliphatic carbocycles. The Kier molecular flexibility index (Phi) is 3.63. The predicted octanol–water partition coefficient (Wildman–Crippen LogP) is 4.30. The zero-order valence-corrected chi connectivity index (χ0v) is 10.4. The summed E-state index contributed by atoms with van der Waals surface area (Å²) in [6.07, 6.45) is 0. The molecule has 2 aromatic carbocycles. The van der Waals surface area contributed by atoms with E-state index < -0.39 is 11.6 Å². The van der Waals surface area contributed by atoms with Crippen molar-refractivity contribution in [3.8, 4) is 6.07 Å². The van der Waals surface area contributed by atoms with E-state index in [-0.39, 0.29) is 4.90 Å². The Morgan fingerprint density at radius 1 is 1.17 bits per heavy atom. The minimum Gasteiger partial charge on any atom is -0.207 e. The van der Waals surface area contributed by atoms with Crippen molar-refractivity contribution in [2.75, 3.05) is 0 Å². The van der Waals surface area contributed by atoms with Gasteiger partial charge in [0.2, 0.25) is 0 Å². The molecule has 0 heterocycles. The van der Waals surface area contributed by atoms with Gasteiger partial charge in [-0.3, -0.25) is 0 Å². The maximum Gasteiger partial charge on any atom is 0.137 e. The van der Waals surface area contributed by atoms with Gasteiger partial charge in [0.1, 0.15) is 17.7 Å². The van der Waals surface area contributed by atoms with Crippen LogP contribution in [0.4, 0.5) is 8.78 Å². The van der Waals surface area contributed by atoms with E-state index in [0.29, 0.717) is 10.5 Å². The molecule has 0 saturated heterocycles. The highest BCUT2D eigenvalue weighted by molar-refractivity contribution is 7.99. The van der Waals surface area contributed by atoms with Crippen LogP contribution in [-0.4, -0.2) is 0 Å². The van der Waals surface area contributed by atoms with Crippen LogP contribution in [-0.2, 0) is 0 Å². The van der Waals surface area contributed by atoms with Gasteiger partial charge in [-0.15, -0.1) is 0 Å². The molecule has 2 aromatic rings. The van der Waals surface area contributed by atoms with Gasteiger partial charge in [-0.05, 0) is 36.8 Å². The van der Waals surface area contributed by atoms with Gasteiger partial charge in [0.05, 0.1) is 10.5 Å². The zero-order valence-electron chi connectivity index (χ0n) is 9.58. The molecular weight excluding hydrogens is 252 g/mol. The summed E-state index contributed by atoms with van der Waals surface area (Å²) in [6.45, 7) is 1.83. The molecule has 2 rings (SSSR count). The lowest BCUT2D eigenvalue weighted by molar-refractivity contribution is 0.577. The van der Waals surface area contributed by atoms with Gasteiger partial charge in [-0.25, -0.2) is 8.78 Å². The molecule has 0 aromatic heterocycles. The van der Waals surface area contributed by atoms with Crippen LogP contribution >= 0.6 is 11.8 Å². The van der Waals surface area contributed by atoms with E-state index in [1.165, 1.54) is 0 Å². The molecule has 0 atom stereocenters. The summed E-state index contributed by atoms with van der Waals surface area (Å²) in [5.74, 6) is -0.987. The molecule has 18 heavy (non-hydrogen) atoms. The molecule has 0 spiro atoms. The van der Waals surface area contributed by atoms with Crippen LogP contribution < -0.4 is 0 Å². The van der Waals surface area contributed by atoms with Crippen molar-refractivity contribution in [1.82, 2.24) is 0 Å². The SMILES string of the molecule is Cc1cccc(C#N)c1Sc1cc(F)ccc1F. The highest BCUT2D eigenvalue weighted by Gasteiger charge is 2.11. The number of rotatable bonds is 2. The van der Waals surface area contributed by atoms with E-state index in [1.807, 2.05) is 13.0 Å². The van der Waals surface area contributed by atoms with E-state index in [9.17, 15) is 8.78 Å². The first-order valence-corrected chi connectivity index (χ1v) is 6.06. The summed E-state index contributed by atoms with van der Waals surface area (Å²) in [5.41, 5.74) is 1.33. The van der Waals surface area contributed by atoms with Crippen molar-refractivity contribution in [1.29, 1.82) is 5.26 Å². The first kappa shape index (κ1) is 12.6. The number of benzene rings is 2. The van der Waals surface area contributed by atoms with Crippen molar-refractivity contribution in [3.05, 3.63) is 59.2 Å². The molecule has 0 radical (unpaired) electrons. The van der Waals surface area contributed by atoms with Crippen molar-refractivity contribution in [2.24, 2.45) is 0 Å². The first-order valence-electron chi connectivity index (χ1n) is 5.24. The number of hydrogen-bond donors (Lipinski definition) is 0. The van der Waals surface area contributed by atoms with Gasteiger partial charge >= 0.3 is 0 Å². The van der Waals surface area contributed by atoms with Crippen LogP contribution in [0.3, 0.4) is 0 Å². The first-order chi connectivity index (χ1) is 8.61. The Labute approximate surface area is 108 Å². The number of hydrogen-bond acceptors (Lipinski definition) is 2. The molecule has 0 bridgehead atoms. The van der Waals surface area contributed by atoms with Gasteiger partial charge in [-0.2, -0.15) is 5.26 Å². The normalized spacial score (nSPS) is 10.1. The second-order valence-electron chi connectivity index (χ2n) is 3.74. The lowest BCUT2D eigenvalue weighted by Crippen LogP contribution is -1.89. The van der Waals surface area contributed by atoms with E-state index in [2.05, 4.69) is 6.07 Å². The molecule has 0 aliphatic heterocycles. The zero-order chi connectivity index (χ0) is 13.1. The Balaban J connectivity index is 2.46. The van der Waals surface area contributed by atoms with Crippen LogP contribution in [0.15, 0.2) is 46.2 Å². The molecule has 4 heteroatoms. The molecule has 0 N–H and O–H groups in total.